The van der Waals surface area contributed by atoms with Crippen LogP contribution in [0.5, 0.6) is 0 Å². The Kier molecular flexibility index (Phi) is 5.42. The van der Waals surface area contributed by atoms with Gasteiger partial charge in [-0.05, 0) is 17.4 Å². The minimum atomic E-state index is -0.292. The van der Waals surface area contributed by atoms with E-state index >= 15 is 0 Å². The summed E-state index contributed by atoms with van der Waals surface area (Å²) in [7, 11) is 0. The largest absolute Gasteiger partial charge is 0.349 e. The van der Waals surface area contributed by atoms with Crippen molar-refractivity contribution in [2.45, 2.75) is 45.7 Å². The van der Waals surface area contributed by atoms with E-state index in [1.165, 1.54) is 6.92 Å². The highest BCUT2D eigenvalue weighted by Crippen LogP contribution is 2.29. The molecule has 1 aliphatic heterocycles. The fraction of sp³-hybridized carbons (Fsp3) is 0.556. The Balaban J connectivity index is 2.07. The number of hydrogen-bond donors (Lipinski definition) is 2. The van der Waals surface area contributed by atoms with Crippen LogP contribution < -0.4 is 11.1 Å². The van der Waals surface area contributed by atoms with Gasteiger partial charge in [0.1, 0.15) is 0 Å². The highest BCUT2D eigenvalue weighted by atomic mass is 16.2. The first kappa shape index (κ1) is 17.5. The lowest BCUT2D eigenvalue weighted by atomic mass is 9.79. The van der Waals surface area contributed by atoms with Crippen molar-refractivity contribution in [1.29, 1.82) is 0 Å². The summed E-state index contributed by atoms with van der Waals surface area (Å²) in [6.07, 6.45) is 1.09. The molecular formula is C18H27N3O2. The smallest absolute Gasteiger partial charge is 0.225 e. The molecule has 1 aromatic rings. The molecule has 3 N–H and O–H groups in total. The first-order chi connectivity index (χ1) is 10.8. The molecule has 0 bridgehead atoms. The monoisotopic (exact) mass is 317 g/mol. The van der Waals surface area contributed by atoms with E-state index in [4.69, 9.17) is 5.73 Å². The highest BCUT2D eigenvalue weighted by Gasteiger charge is 2.35. The molecule has 1 aromatic carbocycles. The summed E-state index contributed by atoms with van der Waals surface area (Å²) in [5, 5.41) is 2.88. The van der Waals surface area contributed by atoms with Crippen LogP contribution in [0.3, 0.4) is 0 Å². The van der Waals surface area contributed by atoms with Gasteiger partial charge in [0.05, 0.1) is 12.5 Å². The van der Waals surface area contributed by atoms with E-state index in [-0.39, 0.29) is 35.7 Å². The normalized spacial score (nSPS) is 21.6. The van der Waals surface area contributed by atoms with Gasteiger partial charge in [0, 0.05) is 26.1 Å². The van der Waals surface area contributed by atoms with E-state index in [0.717, 1.165) is 12.0 Å². The molecule has 0 radical (unpaired) electrons. The Labute approximate surface area is 138 Å². The molecular weight excluding hydrogens is 290 g/mol. The molecule has 1 fully saturated rings. The van der Waals surface area contributed by atoms with Gasteiger partial charge in [-0.1, -0.05) is 44.2 Å². The Hall–Kier alpha value is -1.88. The van der Waals surface area contributed by atoms with Crippen LogP contribution in [0.25, 0.3) is 0 Å². The van der Waals surface area contributed by atoms with Crippen molar-refractivity contribution in [2.75, 3.05) is 13.1 Å². The third-order valence-corrected chi connectivity index (χ3v) is 4.62. The SMILES string of the molecule is CC(=O)NC(CC(=O)N1CCC(N)C(C)(C)C1)c1ccccc1. The van der Waals surface area contributed by atoms with Crippen molar-refractivity contribution in [3.05, 3.63) is 35.9 Å². The molecule has 0 spiro atoms. The van der Waals surface area contributed by atoms with Crippen LogP contribution in [-0.2, 0) is 9.59 Å². The maximum absolute atomic E-state index is 12.7. The molecule has 0 aliphatic carbocycles. The zero-order valence-electron chi connectivity index (χ0n) is 14.2. The van der Waals surface area contributed by atoms with E-state index in [1.54, 1.807) is 0 Å². The molecule has 2 atom stereocenters. The summed E-state index contributed by atoms with van der Waals surface area (Å²) in [6, 6.07) is 9.44. The molecule has 1 heterocycles. The van der Waals surface area contributed by atoms with Gasteiger partial charge in [0.25, 0.3) is 0 Å². The zero-order chi connectivity index (χ0) is 17.0. The second kappa shape index (κ2) is 7.13. The maximum atomic E-state index is 12.7. The molecule has 0 saturated carbocycles. The Morgan fingerprint density at radius 2 is 2.00 bits per heavy atom. The predicted octanol–water partition coefficient (Wildman–Crippen LogP) is 1.84. The highest BCUT2D eigenvalue weighted by molar-refractivity contribution is 5.79. The number of benzene rings is 1. The van der Waals surface area contributed by atoms with Gasteiger partial charge in [-0.25, -0.2) is 0 Å². The number of carbonyl (C=O) groups is 2. The Morgan fingerprint density at radius 3 is 2.57 bits per heavy atom. The van der Waals surface area contributed by atoms with Gasteiger partial charge in [-0.3, -0.25) is 9.59 Å². The lowest BCUT2D eigenvalue weighted by Crippen LogP contribution is -2.54. The van der Waals surface area contributed by atoms with E-state index in [0.29, 0.717) is 13.1 Å². The summed E-state index contributed by atoms with van der Waals surface area (Å²) < 4.78 is 0. The van der Waals surface area contributed by atoms with E-state index in [1.807, 2.05) is 35.2 Å². The second-order valence-corrected chi connectivity index (χ2v) is 7.07. The summed E-state index contributed by atoms with van der Waals surface area (Å²) in [6.45, 7) is 7.02. The standard InChI is InChI=1S/C18H27N3O2/c1-13(22)20-15(14-7-5-4-6-8-14)11-17(23)21-10-9-16(19)18(2,3)12-21/h4-8,15-16H,9-12,19H2,1-3H3,(H,20,22). The molecule has 1 saturated heterocycles. The van der Waals surface area contributed by atoms with Crippen LogP contribution in [-0.4, -0.2) is 35.8 Å². The minimum absolute atomic E-state index is 0.0626. The van der Waals surface area contributed by atoms with Gasteiger partial charge in [0.2, 0.25) is 11.8 Å². The van der Waals surface area contributed by atoms with E-state index in [9.17, 15) is 9.59 Å². The lowest BCUT2D eigenvalue weighted by Gasteiger charge is -2.43. The van der Waals surface area contributed by atoms with Gasteiger partial charge in [0.15, 0.2) is 0 Å². The van der Waals surface area contributed by atoms with Crippen LogP contribution >= 0.6 is 0 Å². The fourth-order valence-electron chi connectivity index (χ4n) is 3.07. The zero-order valence-corrected chi connectivity index (χ0v) is 14.2. The number of hydrogen-bond acceptors (Lipinski definition) is 3. The quantitative estimate of drug-likeness (QED) is 0.890. The summed E-state index contributed by atoms with van der Waals surface area (Å²) in [5.74, 6) is -0.0692. The van der Waals surface area contributed by atoms with Crippen LogP contribution in [0.4, 0.5) is 0 Å². The third kappa shape index (κ3) is 4.55. The molecule has 2 rings (SSSR count). The lowest BCUT2D eigenvalue weighted by molar-refractivity contribution is -0.135. The fourth-order valence-corrected chi connectivity index (χ4v) is 3.07. The summed E-state index contributed by atoms with van der Waals surface area (Å²) in [4.78, 5) is 26.0. The van der Waals surface area contributed by atoms with E-state index in [2.05, 4.69) is 19.2 Å². The maximum Gasteiger partial charge on any atom is 0.225 e. The van der Waals surface area contributed by atoms with Crippen LogP contribution in [0.15, 0.2) is 30.3 Å². The van der Waals surface area contributed by atoms with Crippen molar-refractivity contribution in [3.8, 4) is 0 Å². The average Bonchev–Trinajstić information content (AvgIpc) is 2.49. The van der Waals surface area contributed by atoms with Gasteiger partial charge >= 0.3 is 0 Å². The predicted molar refractivity (Wildman–Crippen MR) is 90.6 cm³/mol. The number of nitrogens with one attached hydrogen (secondary N) is 1. The molecule has 126 valence electrons. The first-order valence-corrected chi connectivity index (χ1v) is 8.15. The average molecular weight is 317 g/mol. The molecule has 23 heavy (non-hydrogen) atoms. The van der Waals surface area contributed by atoms with Crippen molar-refractivity contribution >= 4 is 11.8 Å². The third-order valence-electron chi connectivity index (χ3n) is 4.62. The number of piperidine rings is 1. The summed E-state index contributed by atoms with van der Waals surface area (Å²) in [5.41, 5.74) is 7.01. The number of amides is 2. The van der Waals surface area contributed by atoms with Gasteiger partial charge in [-0.15, -0.1) is 0 Å². The topological polar surface area (TPSA) is 75.4 Å². The van der Waals surface area contributed by atoms with Crippen LogP contribution in [0.2, 0.25) is 0 Å². The number of carbonyl (C=O) groups excluding carboxylic acids is 2. The minimum Gasteiger partial charge on any atom is -0.349 e. The first-order valence-electron chi connectivity index (χ1n) is 8.15. The number of likely N-dealkylation sites (tertiary alicyclic amines) is 1. The second-order valence-electron chi connectivity index (χ2n) is 7.07. The Bertz CT molecular complexity index is 557. The number of rotatable bonds is 4. The van der Waals surface area contributed by atoms with Crippen LogP contribution in [0.1, 0.15) is 45.2 Å². The number of nitrogens with zero attached hydrogens (tertiary/aromatic N) is 1. The van der Waals surface area contributed by atoms with Crippen molar-refractivity contribution in [2.24, 2.45) is 11.1 Å². The van der Waals surface area contributed by atoms with Crippen molar-refractivity contribution in [1.82, 2.24) is 10.2 Å². The summed E-state index contributed by atoms with van der Waals surface area (Å²) >= 11 is 0. The van der Waals surface area contributed by atoms with E-state index < -0.39 is 0 Å². The molecule has 5 heteroatoms. The molecule has 1 aliphatic rings. The molecule has 2 amide bonds. The molecule has 0 aromatic heterocycles. The van der Waals surface area contributed by atoms with Crippen molar-refractivity contribution in [3.63, 3.8) is 0 Å². The number of nitrogens with two attached hydrogens (primary N) is 1. The van der Waals surface area contributed by atoms with Crippen LogP contribution in [0, 0.1) is 5.41 Å². The van der Waals surface area contributed by atoms with Gasteiger partial charge in [-0.2, -0.15) is 0 Å². The molecule has 2 unspecified atom stereocenters. The van der Waals surface area contributed by atoms with Crippen molar-refractivity contribution < 1.29 is 9.59 Å². The van der Waals surface area contributed by atoms with Gasteiger partial charge < -0.3 is 16.0 Å². The molecule has 5 nitrogen and oxygen atoms in total. The Morgan fingerprint density at radius 1 is 1.35 bits per heavy atom.